The number of likely N-dealkylation sites (tertiary alicyclic amines) is 1. The number of carbonyl (C=O) groups excluding carboxylic acids is 1. The maximum Gasteiger partial charge on any atom is 0.247 e. The Morgan fingerprint density at radius 2 is 1.82 bits per heavy atom. The van der Waals surface area contributed by atoms with E-state index in [-0.39, 0.29) is 17.2 Å². The van der Waals surface area contributed by atoms with E-state index in [0.717, 1.165) is 37.8 Å². The van der Waals surface area contributed by atoms with Crippen molar-refractivity contribution in [3.63, 3.8) is 0 Å². The molecule has 1 unspecified atom stereocenters. The van der Waals surface area contributed by atoms with Crippen molar-refractivity contribution in [3.8, 4) is 11.5 Å². The molecule has 0 bridgehead atoms. The van der Waals surface area contributed by atoms with Crippen LogP contribution < -0.4 is 0 Å². The summed E-state index contributed by atoms with van der Waals surface area (Å²) in [6.45, 7) is 4.87. The van der Waals surface area contributed by atoms with Gasteiger partial charge in [0.05, 0.1) is 5.92 Å². The first kappa shape index (κ1) is 21.8. The van der Waals surface area contributed by atoms with Gasteiger partial charge in [0.2, 0.25) is 17.7 Å². The highest BCUT2D eigenvalue weighted by molar-refractivity contribution is 5.76. The minimum absolute atomic E-state index is 0.0474. The second-order valence-electron chi connectivity index (χ2n) is 9.45. The summed E-state index contributed by atoms with van der Waals surface area (Å²) in [4.78, 5) is 15.1. The first-order valence-electron chi connectivity index (χ1n) is 11.9. The van der Waals surface area contributed by atoms with Gasteiger partial charge in [-0.25, -0.2) is 0 Å². The van der Waals surface area contributed by atoms with Gasteiger partial charge in [-0.1, -0.05) is 48.0 Å². The number of hydrogen-bond acceptors (Lipinski definition) is 5. The minimum Gasteiger partial charge on any atom is -0.420 e. The van der Waals surface area contributed by atoms with Crippen LogP contribution in [0.3, 0.4) is 0 Å². The molecule has 0 aliphatic carbocycles. The lowest BCUT2D eigenvalue weighted by molar-refractivity contribution is -0.131. The van der Waals surface area contributed by atoms with Crippen molar-refractivity contribution < 1.29 is 13.9 Å². The maximum absolute atomic E-state index is 13.1. The van der Waals surface area contributed by atoms with Crippen LogP contribution in [-0.2, 0) is 16.0 Å². The van der Waals surface area contributed by atoms with Gasteiger partial charge < -0.3 is 14.1 Å². The number of ether oxygens (including phenoxy) is 1. The molecule has 3 heterocycles. The fraction of sp³-hybridized carbons (Fsp3) is 0.444. The zero-order valence-electron chi connectivity index (χ0n) is 19.2. The Bertz CT molecular complexity index is 1070. The lowest BCUT2D eigenvalue weighted by atomic mass is 9.72. The molecule has 1 amide bonds. The van der Waals surface area contributed by atoms with Gasteiger partial charge >= 0.3 is 0 Å². The Hall–Kier alpha value is -2.99. The summed E-state index contributed by atoms with van der Waals surface area (Å²) in [7, 11) is 0. The molecule has 2 aromatic carbocycles. The molecule has 2 aliphatic rings. The Kier molecular flexibility index (Phi) is 6.27. The molecule has 2 fully saturated rings. The number of rotatable bonds is 6. The molecule has 3 aromatic rings. The van der Waals surface area contributed by atoms with Crippen molar-refractivity contribution >= 4 is 5.91 Å². The normalized spacial score (nSPS) is 19.8. The van der Waals surface area contributed by atoms with Gasteiger partial charge in [-0.05, 0) is 50.3 Å². The third kappa shape index (κ3) is 4.71. The van der Waals surface area contributed by atoms with E-state index < -0.39 is 0 Å². The average Bonchev–Trinajstić information content (AvgIpc) is 3.46. The van der Waals surface area contributed by atoms with Gasteiger partial charge in [-0.15, -0.1) is 10.2 Å². The van der Waals surface area contributed by atoms with Crippen LogP contribution in [0.15, 0.2) is 59.0 Å². The second-order valence-corrected chi connectivity index (χ2v) is 9.45. The molecule has 1 spiro atoms. The summed E-state index contributed by atoms with van der Waals surface area (Å²) in [5.74, 6) is 1.45. The van der Waals surface area contributed by atoms with Crippen LogP contribution in [0.4, 0.5) is 0 Å². The van der Waals surface area contributed by atoms with Gasteiger partial charge in [-0.3, -0.25) is 4.79 Å². The molecular formula is C27H31N3O3. The minimum atomic E-state index is -0.0512. The zero-order chi connectivity index (χ0) is 22.7. The highest BCUT2D eigenvalue weighted by Gasteiger charge is 2.51. The monoisotopic (exact) mass is 445 g/mol. The van der Waals surface area contributed by atoms with E-state index in [1.54, 1.807) is 0 Å². The first-order valence-corrected chi connectivity index (χ1v) is 11.9. The maximum atomic E-state index is 13.1. The molecule has 1 atom stereocenters. The number of aromatic nitrogens is 2. The van der Waals surface area contributed by atoms with Crippen LogP contribution in [-0.4, -0.2) is 47.3 Å². The van der Waals surface area contributed by atoms with E-state index in [1.807, 2.05) is 47.4 Å². The van der Waals surface area contributed by atoms with E-state index in [0.29, 0.717) is 38.0 Å². The zero-order valence-corrected chi connectivity index (χ0v) is 19.2. The largest absolute Gasteiger partial charge is 0.420 e. The van der Waals surface area contributed by atoms with Crippen LogP contribution >= 0.6 is 0 Å². The SMILES string of the molecule is Cc1ccc(-c2nnc(C3CN(C(=O)CCCc4ccccc4)CC34CCOCC4)o2)cc1. The number of aryl methyl sites for hydroxylation is 2. The molecule has 5 rings (SSSR count). The van der Waals surface area contributed by atoms with Crippen molar-refractivity contribution in [2.45, 2.75) is 44.9 Å². The van der Waals surface area contributed by atoms with Crippen LogP contribution in [0.25, 0.3) is 11.5 Å². The Morgan fingerprint density at radius 1 is 1.06 bits per heavy atom. The predicted molar refractivity (Wildman–Crippen MR) is 126 cm³/mol. The van der Waals surface area contributed by atoms with Crippen molar-refractivity contribution in [1.29, 1.82) is 0 Å². The Labute approximate surface area is 195 Å². The van der Waals surface area contributed by atoms with E-state index in [2.05, 4.69) is 29.3 Å². The summed E-state index contributed by atoms with van der Waals surface area (Å²) in [6.07, 6.45) is 4.17. The Balaban J connectivity index is 1.30. The highest BCUT2D eigenvalue weighted by atomic mass is 16.5. The molecule has 6 nitrogen and oxygen atoms in total. The summed E-state index contributed by atoms with van der Waals surface area (Å²) in [6, 6.07) is 18.5. The quantitative estimate of drug-likeness (QED) is 0.546. The lowest BCUT2D eigenvalue weighted by Crippen LogP contribution is -2.37. The predicted octanol–water partition coefficient (Wildman–Crippen LogP) is 4.79. The summed E-state index contributed by atoms with van der Waals surface area (Å²) >= 11 is 0. The molecule has 33 heavy (non-hydrogen) atoms. The molecule has 0 saturated carbocycles. The van der Waals surface area contributed by atoms with Crippen molar-refractivity contribution in [2.75, 3.05) is 26.3 Å². The molecule has 172 valence electrons. The Morgan fingerprint density at radius 3 is 2.58 bits per heavy atom. The standard InChI is InChI=1S/C27H31N3O3/c1-20-10-12-22(13-11-20)25-28-29-26(33-25)23-18-30(19-27(23)14-16-32-17-15-27)24(31)9-5-8-21-6-3-2-4-7-21/h2-4,6-7,10-13,23H,5,8-9,14-19H2,1H3. The van der Waals surface area contributed by atoms with E-state index in [1.165, 1.54) is 11.1 Å². The molecule has 6 heteroatoms. The first-order chi connectivity index (χ1) is 16.1. The smallest absolute Gasteiger partial charge is 0.247 e. The van der Waals surface area contributed by atoms with Gasteiger partial charge in [-0.2, -0.15) is 0 Å². The van der Waals surface area contributed by atoms with Crippen molar-refractivity contribution in [2.24, 2.45) is 5.41 Å². The number of nitrogens with zero attached hydrogens (tertiary/aromatic N) is 3. The molecule has 1 aromatic heterocycles. The number of benzene rings is 2. The van der Waals surface area contributed by atoms with Crippen LogP contribution in [0.5, 0.6) is 0 Å². The van der Waals surface area contributed by atoms with E-state index >= 15 is 0 Å². The molecule has 2 aliphatic heterocycles. The summed E-state index contributed by atoms with van der Waals surface area (Å²) in [5, 5.41) is 8.79. The number of amides is 1. The average molecular weight is 446 g/mol. The van der Waals surface area contributed by atoms with Gasteiger partial charge in [0.1, 0.15) is 0 Å². The fourth-order valence-corrected chi connectivity index (χ4v) is 5.22. The topological polar surface area (TPSA) is 68.5 Å². The van der Waals surface area contributed by atoms with Gasteiger partial charge in [0.25, 0.3) is 0 Å². The third-order valence-electron chi connectivity index (χ3n) is 7.23. The summed E-state index contributed by atoms with van der Waals surface area (Å²) in [5.41, 5.74) is 3.34. The van der Waals surface area contributed by atoms with Crippen LogP contribution in [0.2, 0.25) is 0 Å². The van der Waals surface area contributed by atoms with E-state index in [9.17, 15) is 4.79 Å². The highest BCUT2D eigenvalue weighted by Crippen LogP contribution is 2.49. The van der Waals surface area contributed by atoms with Crippen molar-refractivity contribution in [3.05, 3.63) is 71.6 Å². The van der Waals surface area contributed by atoms with E-state index in [4.69, 9.17) is 9.15 Å². The van der Waals surface area contributed by atoms with Gasteiger partial charge in [0.15, 0.2) is 0 Å². The molecule has 0 radical (unpaired) electrons. The van der Waals surface area contributed by atoms with Crippen LogP contribution in [0.1, 0.15) is 48.6 Å². The fourth-order valence-electron chi connectivity index (χ4n) is 5.22. The second kappa shape index (κ2) is 9.48. The van der Waals surface area contributed by atoms with Gasteiger partial charge in [0, 0.05) is 43.7 Å². The number of carbonyl (C=O) groups is 1. The van der Waals surface area contributed by atoms with Crippen molar-refractivity contribution in [1.82, 2.24) is 15.1 Å². The summed E-state index contributed by atoms with van der Waals surface area (Å²) < 4.78 is 11.9. The molecule has 2 saturated heterocycles. The van der Waals surface area contributed by atoms with Crippen LogP contribution in [0, 0.1) is 12.3 Å². The molecule has 0 N–H and O–H groups in total. The lowest BCUT2D eigenvalue weighted by Gasteiger charge is -2.36. The molecular weight excluding hydrogens is 414 g/mol. The number of hydrogen-bond donors (Lipinski definition) is 0. The third-order valence-corrected chi connectivity index (χ3v) is 7.23.